The fraction of sp³-hybridized carbons (Fsp3) is 0.455. The second-order valence-corrected chi connectivity index (χ2v) is 4.17. The normalized spacial score (nSPS) is 15.7. The van der Waals surface area contributed by atoms with E-state index < -0.39 is 0 Å². The summed E-state index contributed by atoms with van der Waals surface area (Å²) in [6.07, 6.45) is 1.34. The van der Waals surface area contributed by atoms with Crippen LogP contribution in [0, 0.1) is 6.92 Å². The van der Waals surface area contributed by atoms with Gasteiger partial charge in [-0.2, -0.15) is 0 Å². The third kappa shape index (κ3) is 1.73. The van der Waals surface area contributed by atoms with Gasteiger partial charge in [-0.15, -0.1) is 0 Å². The maximum absolute atomic E-state index is 3.54. The van der Waals surface area contributed by atoms with Crippen LogP contribution in [-0.4, -0.2) is 13.1 Å². The molecule has 0 N–H and O–H groups in total. The number of alkyl halides is 1. The average molecular weight is 240 g/mol. The standard InChI is InChI=1S/C11H14BrN/c1-9-3-4-11(10(7-9)8-12)13-5-2-6-13/h3-4,7H,2,5-6,8H2,1H3. The molecule has 1 heterocycles. The van der Waals surface area contributed by atoms with Gasteiger partial charge in [-0.05, 0) is 25.0 Å². The van der Waals surface area contributed by atoms with Gasteiger partial charge in [0.1, 0.15) is 0 Å². The van der Waals surface area contributed by atoms with Crippen molar-refractivity contribution >= 4 is 21.6 Å². The zero-order valence-electron chi connectivity index (χ0n) is 7.89. The lowest BCUT2D eigenvalue weighted by molar-refractivity contribution is 0.616. The molecule has 1 aromatic carbocycles. The third-order valence-corrected chi connectivity index (χ3v) is 3.18. The Kier molecular flexibility index (Phi) is 2.58. The summed E-state index contributed by atoms with van der Waals surface area (Å²) < 4.78 is 0. The van der Waals surface area contributed by atoms with E-state index in [0.29, 0.717) is 0 Å². The summed E-state index contributed by atoms with van der Waals surface area (Å²) >= 11 is 3.54. The highest BCUT2D eigenvalue weighted by molar-refractivity contribution is 9.08. The molecule has 0 unspecified atom stereocenters. The molecule has 0 bridgehead atoms. The van der Waals surface area contributed by atoms with Gasteiger partial charge in [0, 0.05) is 24.1 Å². The Bertz CT molecular complexity index is 305. The summed E-state index contributed by atoms with van der Waals surface area (Å²) in [4.78, 5) is 2.44. The fourth-order valence-electron chi connectivity index (χ4n) is 1.69. The number of benzene rings is 1. The summed E-state index contributed by atoms with van der Waals surface area (Å²) in [5, 5.41) is 0.959. The van der Waals surface area contributed by atoms with Crippen LogP contribution in [0.15, 0.2) is 18.2 Å². The molecule has 13 heavy (non-hydrogen) atoms. The van der Waals surface area contributed by atoms with Gasteiger partial charge in [-0.25, -0.2) is 0 Å². The van der Waals surface area contributed by atoms with Crippen LogP contribution < -0.4 is 4.90 Å². The molecule has 1 nitrogen and oxygen atoms in total. The zero-order valence-corrected chi connectivity index (χ0v) is 9.47. The Balaban J connectivity index is 2.32. The van der Waals surface area contributed by atoms with Gasteiger partial charge in [0.2, 0.25) is 0 Å². The van der Waals surface area contributed by atoms with Crippen molar-refractivity contribution in [1.29, 1.82) is 0 Å². The quantitative estimate of drug-likeness (QED) is 0.718. The number of hydrogen-bond acceptors (Lipinski definition) is 1. The van der Waals surface area contributed by atoms with E-state index in [1.165, 1.54) is 36.3 Å². The summed E-state index contributed by atoms with van der Waals surface area (Å²) in [5.41, 5.74) is 4.17. The van der Waals surface area contributed by atoms with Gasteiger partial charge >= 0.3 is 0 Å². The summed E-state index contributed by atoms with van der Waals surface area (Å²) in [5.74, 6) is 0. The molecule has 1 fully saturated rings. The molecular formula is C11H14BrN. The number of halogens is 1. The number of anilines is 1. The van der Waals surface area contributed by atoms with Crippen molar-refractivity contribution in [3.05, 3.63) is 29.3 Å². The van der Waals surface area contributed by atoms with Crippen molar-refractivity contribution in [3.63, 3.8) is 0 Å². The minimum absolute atomic E-state index is 0.959. The van der Waals surface area contributed by atoms with Gasteiger partial charge < -0.3 is 4.90 Å². The smallest absolute Gasteiger partial charge is 0.0407 e. The lowest BCUT2D eigenvalue weighted by Crippen LogP contribution is -2.37. The van der Waals surface area contributed by atoms with Gasteiger partial charge in [0.15, 0.2) is 0 Å². The van der Waals surface area contributed by atoms with Crippen LogP contribution in [0.25, 0.3) is 0 Å². The van der Waals surface area contributed by atoms with E-state index >= 15 is 0 Å². The lowest BCUT2D eigenvalue weighted by Gasteiger charge is -2.34. The van der Waals surface area contributed by atoms with E-state index in [9.17, 15) is 0 Å². The highest BCUT2D eigenvalue weighted by atomic mass is 79.9. The summed E-state index contributed by atoms with van der Waals surface area (Å²) in [6, 6.07) is 6.70. The Labute approximate surface area is 87.9 Å². The lowest BCUT2D eigenvalue weighted by atomic mass is 10.1. The number of hydrogen-bond donors (Lipinski definition) is 0. The van der Waals surface area contributed by atoms with Gasteiger partial charge in [-0.1, -0.05) is 33.6 Å². The first-order valence-electron chi connectivity index (χ1n) is 4.71. The zero-order chi connectivity index (χ0) is 9.26. The highest BCUT2D eigenvalue weighted by Crippen LogP contribution is 2.27. The molecule has 1 aromatic rings. The second-order valence-electron chi connectivity index (χ2n) is 3.61. The molecule has 0 radical (unpaired) electrons. The van der Waals surface area contributed by atoms with Crippen LogP contribution in [0.3, 0.4) is 0 Å². The minimum Gasteiger partial charge on any atom is -0.371 e. The molecule has 0 atom stereocenters. The number of nitrogens with zero attached hydrogens (tertiary/aromatic N) is 1. The van der Waals surface area contributed by atoms with Crippen LogP contribution >= 0.6 is 15.9 Å². The molecule has 0 amide bonds. The van der Waals surface area contributed by atoms with E-state index in [1.807, 2.05) is 0 Å². The summed E-state index contributed by atoms with van der Waals surface area (Å²) in [7, 11) is 0. The largest absolute Gasteiger partial charge is 0.371 e. The SMILES string of the molecule is Cc1ccc(N2CCC2)c(CBr)c1. The molecule has 0 spiro atoms. The fourth-order valence-corrected chi connectivity index (χ4v) is 2.14. The van der Waals surface area contributed by atoms with Crippen LogP contribution in [0.5, 0.6) is 0 Å². The predicted octanol–water partition coefficient (Wildman–Crippen LogP) is 3.10. The first kappa shape index (κ1) is 9.07. The average Bonchev–Trinajstić information content (AvgIpc) is 2.05. The Morgan fingerprint density at radius 1 is 1.38 bits per heavy atom. The number of rotatable bonds is 2. The molecule has 0 saturated carbocycles. The molecule has 1 aliphatic rings. The van der Waals surface area contributed by atoms with Crippen LogP contribution in [0.4, 0.5) is 5.69 Å². The van der Waals surface area contributed by atoms with Crippen LogP contribution in [0.2, 0.25) is 0 Å². The molecule has 2 rings (SSSR count). The van der Waals surface area contributed by atoms with Crippen molar-refractivity contribution in [1.82, 2.24) is 0 Å². The maximum atomic E-state index is 3.54. The molecular weight excluding hydrogens is 226 g/mol. The Morgan fingerprint density at radius 3 is 2.69 bits per heavy atom. The highest BCUT2D eigenvalue weighted by Gasteiger charge is 2.16. The molecule has 0 aromatic heterocycles. The van der Waals surface area contributed by atoms with E-state index in [0.717, 1.165) is 5.33 Å². The van der Waals surface area contributed by atoms with E-state index in [-0.39, 0.29) is 0 Å². The van der Waals surface area contributed by atoms with E-state index in [2.05, 4.69) is 46.0 Å². The van der Waals surface area contributed by atoms with E-state index in [4.69, 9.17) is 0 Å². The Hall–Kier alpha value is -0.500. The summed E-state index contributed by atoms with van der Waals surface area (Å²) in [6.45, 7) is 4.60. The first-order chi connectivity index (χ1) is 6.31. The molecule has 2 heteroatoms. The first-order valence-corrected chi connectivity index (χ1v) is 5.84. The maximum Gasteiger partial charge on any atom is 0.0407 e. The van der Waals surface area contributed by atoms with Gasteiger partial charge in [-0.3, -0.25) is 0 Å². The van der Waals surface area contributed by atoms with E-state index in [1.54, 1.807) is 0 Å². The molecule has 1 saturated heterocycles. The monoisotopic (exact) mass is 239 g/mol. The number of aryl methyl sites for hydroxylation is 1. The van der Waals surface area contributed by atoms with Crippen molar-refractivity contribution in [2.75, 3.05) is 18.0 Å². The van der Waals surface area contributed by atoms with Crippen molar-refractivity contribution in [2.45, 2.75) is 18.7 Å². The van der Waals surface area contributed by atoms with Crippen molar-refractivity contribution in [2.24, 2.45) is 0 Å². The van der Waals surface area contributed by atoms with Gasteiger partial charge in [0.05, 0.1) is 0 Å². The van der Waals surface area contributed by atoms with Crippen molar-refractivity contribution < 1.29 is 0 Å². The Morgan fingerprint density at radius 2 is 2.15 bits per heavy atom. The van der Waals surface area contributed by atoms with Gasteiger partial charge in [0.25, 0.3) is 0 Å². The topological polar surface area (TPSA) is 3.24 Å². The molecule has 1 aliphatic heterocycles. The van der Waals surface area contributed by atoms with Crippen LogP contribution in [0.1, 0.15) is 17.5 Å². The molecule has 0 aliphatic carbocycles. The van der Waals surface area contributed by atoms with Crippen LogP contribution in [-0.2, 0) is 5.33 Å². The minimum atomic E-state index is 0.959. The predicted molar refractivity (Wildman–Crippen MR) is 60.6 cm³/mol. The molecule has 70 valence electrons. The van der Waals surface area contributed by atoms with Crippen molar-refractivity contribution in [3.8, 4) is 0 Å². The third-order valence-electron chi connectivity index (χ3n) is 2.58. The second kappa shape index (κ2) is 3.70.